The molecule has 0 saturated heterocycles. The molecule has 4 bridgehead atoms. The maximum absolute atomic E-state index is 13.3. The molecule has 1 aromatic heterocycles. The Bertz CT molecular complexity index is 1620. The first-order chi connectivity index (χ1) is 21.0. The van der Waals surface area contributed by atoms with Gasteiger partial charge in [0, 0.05) is 28.9 Å². The first kappa shape index (κ1) is 31.0. The summed E-state index contributed by atoms with van der Waals surface area (Å²) >= 11 is 6.27. The highest BCUT2D eigenvalue weighted by Crippen LogP contribution is 2.61. The molecular formula is C34H42ClN3O5S. The van der Waals surface area contributed by atoms with Gasteiger partial charge in [-0.15, -0.1) is 0 Å². The van der Waals surface area contributed by atoms with Crippen LogP contribution in [0.25, 0.3) is 10.9 Å². The van der Waals surface area contributed by atoms with Crippen LogP contribution in [-0.4, -0.2) is 44.1 Å². The third-order valence-corrected chi connectivity index (χ3v) is 11.8. The Labute approximate surface area is 264 Å². The predicted molar refractivity (Wildman–Crippen MR) is 173 cm³/mol. The van der Waals surface area contributed by atoms with Crippen LogP contribution >= 0.6 is 11.6 Å². The number of benzene rings is 2. The molecule has 0 atom stereocenters. The largest absolute Gasteiger partial charge is 0.494 e. The number of aryl methyl sites for hydroxylation is 3. The van der Waals surface area contributed by atoms with E-state index < -0.39 is 15.9 Å². The van der Waals surface area contributed by atoms with Crippen LogP contribution in [0.5, 0.6) is 5.75 Å². The summed E-state index contributed by atoms with van der Waals surface area (Å²) in [7, 11) is -3.88. The lowest BCUT2D eigenvalue weighted by molar-refractivity contribution is -0.127. The standard InChI is InChI=1S/C34H42ClN3O5S/c1-21-12-26(13-22(2)31(21)35)43-10-5-7-28-27-6-3-4-8-29(27)37-32(28)33(40)36-9-11-44(41,42)38-30(39)20-34-17-23-14-24(18-34)16-25(15-23)19-34/h3-4,6,8,12-13,23-25,37H,5,7,9-11,14-20H2,1-2H3,(H,36,40)(H,38,39). The maximum Gasteiger partial charge on any atom is 0.268 e. The lowest BCUT2D eigenvalue weighted by atomic mass is 9.49. The number of halogens is 1. The molecule has 0 spiro atoms. The Balaban J connectivity index is 1.02. The molecule has 1 heterocycles. The molecule has 4 fully saturated rings. The van der Waals surface area contributed by atoms with E-state index in [1.165, 1.54) is 19.3 Å². The molecule has 4 saturated carbocycles. The minimum atomic E-state index is -3.88. The first-order valence-electron chi connectivity index (χ1n) is 15.8. The van der Waals surface area contributed by atoms with Gasteiger partial charge >= 0.3 is 0 Å². The Morgan fingerprint density at radius 2 is 1.66 bits per heavy atom. The van der Waals surface area contributed by atoms with E-state index in [0.717, 1.165) is 57.6 Å². The zero-order valence-electron chi connectivity index (χ0n) is 25.5. The van der Waals surface area contributed by atoms with E-state index in [4.69, 9.17) is 16.3 Å². The summed E-state index contributed by atoms with van der Waals surface area (Å²) < 4.78 is 33.8. The number of amides is 2. The number of carbonyl (C=O) groups is 2. The van der Waals surface area contributed by atoms with Crippen molar-refractivity contribution in [2.45, 2.75) is 71.6 Å². The van der Waals surface area contributed by atoms with Crippen molar-refractivity contribution in [2.75, 3.05) is 18.9 Å². The number of aromatic nitrogens is 1. The summed E-state index contributed by atoms with van der Waals surface area (Å²) in [5.41, 5.74) is 3.99. The van der Waals surface area contributed by atoms with Crippen LogP contribution in [0.4, 0.5) is 0 Å². The quantitative estimate of drug-likeness (QED) is 0.203. The summed E-state index contributed by atoms with van der Waals surface area (Å²) in [4.78, 5) is 29.3. The number of hydrogen-bond acceptors (Lipinski definition) is 5. The third-order valence-electron chi connectivity index (χ3n) is 9.92. The minimum absolute atomic E-state index is 0.0354. The Hall–Kier alpha value is -3.04. The average Bonchev–Trinajstić information content (AvgIpc) is 3.31. The molecular weight excluding hydrogens is 598 g/mol. The van der Waals surface area contributed by atoms with Gasteiger partial charge in [0.25, 0.3) is 5.91 Å². The number of H-pyrrole nitrogens is 1. The number of hydrogen-bond donors (Lipinski definition) is 3. The molecule has 8 nitrogen and oxygen atoms in total. The molecule has 0 aliphatic heterocycles. The van der Waals surface area contributed by atoms with Gasteiger partial charge in [-0.2, -0.15) is 0 Å². The molecule has 7 rings (SSSR count). The van der Waals surface area contributed by atoms with E-state index in [-0.39, 0.29) is 30.0 Å². The van der Waals surface area contributed by atoms with E-state index in [0.29, 0.717) is 42.9 Å². The highest BCUT2D eigenvalue weighted by Gasteiger charge is 2.51. The molecule has 2 amide bonds. The molecule has 0 radical (unpaired) electrons. The number of aromatic amines is 1. The molecule has 3 N–H and O–H groups in total. The fraction of sp³-hybridized carbons (Fsp3) is 0.529. The second-order valence-electron chi connectivity index (χ2n) is 13.5. The summed E-state index contributed by atoms with van der Waals surface area (Å²) in [6.45, 7) is 4.25. The van der Waals surface area contributed by atoms with Crippen LogP contribution in [-0.2, 0) is 21.2 Å². The van der Waals surface area contributed by atoms with Crippen molar-refractivity contribution in [2.24, 2.45) is 23.2 Å². The van der Waals surface area contributed by atoms with Crippen molar-refractivity contribution in [1.82, 2.24) is 15.0 Å². The summed E-state index contributed by atoms with van der Waals surface area (Å²) in [6, 6.07) is 11.5. The molecule has 10 heteroatoms. The van der Waals surface area contributed by atoms with Gasteiger partial charge in [-0.1, -0.05) is 29.8 Å². The van der Waals surface area contributed by atoms with Gasteiger partial charge < -0.3 is 15.0 Å². The number of rotatable bonds is 12. The zero-order valence-corrected chi connectivity index (χ0v) is 27.1. The Morgan fingerprint density at radius 1 is 1.02 bits per heavy atom. The van der Waals surface area contributed by atoms with Gasteiger partial charge in [0.2, 0.25) is 15.9 Å². The lowest BCUT2D eigenvalue weighted by Crippen LogP contribution is -2.48. The molecule has 3 aromatic rings. The Morgan fingerprint density at radius 3 is 2.32 bits per heavy atom. The van der Waals surface area contributed by atoms with E-state index in [1.54, 1.807) is 0 Å². The topological polar surface area (TPSA) is 117 Å². The number of ether oxygens (including phenoxy) is 1. The van der Waals surface area contributed by atoms with Crippen LogP contribution in [0.15, 0.2) is 36.4 Å². The molecule has 0 unspecified atom stereocenters. The lowest BCUT2D eigenvalue weighted by Gasteiger charge is -2.56. The summed E-state index contributed by atoms with van der Waals surface area (Å²) in [6.07, 6.45) is 8.49. The summed E-state index contributed by atoms with van der Waals surface area (Å²) in [5, 5.41) is 4.43. The van der Waals surface area contributed by atoms with Crippen molar-refractivity contribution in [3.8, 4) is 5.75 Å². The van der Waals surface area contributed by atoms with E-state index >= 15 is 0 Å². The maximum atomic E-state index is 13.3. The van der Waals surface area contributed by atoms with Crippen LogP contribution < -0.4 is 14.8 Å². The normalized spacial score (nSPS) is 24.0. The van der Waals surface area contributed by atoms with Crippen molar-refractivity contribution in [3.63, 3.8) is 0 Å². The van der Waals surface area contributed by atoms with Crippen molar-refractivity contribution >= 4 is 44.3 Å². The van der Waals surface area contributed by atoms with Gasteiger partial charge in [0.15, 0.2) is 0 Å². The number of para-hydroxylation sites is 1. The van der Waals surface area contributed by atoms with Crippen LogP contribution in [0.3, 0.4) is 0 Å². The molecule has 2 aromatic carbocycles. The average molecular weight is 640 g/mol. The number of fused-ring (bicyclic) bond motifs is 1. The smallest absolute Gasteiger partial charge is 0.268 e. The van der Waals surface area contributed by atoms with Crippen LogP contribution in [0.1, 0.15) is 78.5 Å². The van der Waals surface area contributed by atoms with E-state index in [9.17, 15) is 18.0 Å². The molecule has 44 heavy (non-hydrogen) atoms. The minimum Gasteiger partial charge on any atom is -0.494 e. The zero-order chi connectivity index (χ0) is 31.1. The fourth-order valence-corrected chi connectivity index (χ4v) is 9.58. The molecule has 4 aliphatic rings. The monoisotopic (exact) mass is 639 g/mol. The van der Waals surface area contributed by atoms with Crippen molar-refractivity contribution in [1.29, 1.82) is 0 Å². The van der Waals surface area contributed by atoms with Gasteiger partial charge in [-0.25, -0.2) is 8.42 Å². The first-order valence-corrected chi connectivity index (χ1v) is 17.8. The highest BCUT2D eigenvalue weighted by molar-refractivity contribution is 7.90. The number of sulfonamides is 1. The SMILES string of the molecule is Cc1cc(OCCCc2c(C(=O)NCCS(=O)(=O)NC(=O)CC34CC5CC(CC(C5)C3)C4)[nH]c3ccccc23)cc(C)c1Cl. The van der Waals surface area contributed by atoms with Gasteiger partial charge in [-0.05, 0) is 123 Å². The molecule has 236 valence electrons. The third kappa shape index (κ3) is 6.79. The highest BCUT2D eigenvalue weighted by atomic mass is 35.5. The van der Waals surface area contributed by atoms with Crippen molar-refractivity contribution in [3.05, 3.63) is 63.8 Å². The predicted octanol–water partition coefficient (Wildman–Crippen LogP) is 6.23. The second-order valence-corrected chi connectivity index (χ2v) is 15.8. The second kappa shape index (κ2) is 12.4. The Kier molecular flexibility index (Phi) is 8.72. The number of carbonyl (C=O) groups excluding carboxylic acids is 2. The van der Waals surface area contributed by atoms with Gasteiger partial charge in [-0.3, -0.25) is 14.3 Å². The fourth-order valence-electron chi connectivity index (χ4n) is 8.58. The number of nitrogens with one attached hydrogen (secondary N) is 3. The molecule has 4 aliphatic carbocycles. The van der Waals surface area contributed by atoms with E-state index in [2.05, 4.69) is 15.0 Å². The van der Waals surface area contributed by atoms with Crippen molar-refractivity contribution < 1.29 is 22.7 Å². The van der Waals surface area contributed by atoms with Crippen LogP contribution in [0.2, 0.25) is 5.02 Å². The van der Waals surface area contributed by atoms with E-state index in [1.807, 2.05) is 50.2 Å². The summed E-state index contributed by atoms with van der Waals surface area (Å²) in [5.74, 6) is 1.68. The van der Waals surface area contributed by atoms with Crippen LogP contribution in [0, 0.1) is 37.0 Å². The van der Waals surface area contributed by atoms with Gasteiger partial charge in [0.1, 0.15) is 11.4 Å². The van der Waals surface area contributed by atoms with Gasteiger partial charge in [0.05, 0.1) is 12.4 Å².